The number of para-hydroxylation sites is 1. The van der Waals surface area contributed by atoms with E-state index in [2.05, 4.69) is 0 Å². The lowest BCUT2D eigenvalue weighted by Gasteiger charge is -2.37. The Morgan fingerprint density at radius 2 is 1.74 bits per heavy atom. The van der Waals surface area contributed by atoms with Gasteiger partial charge >= 0.3 is 12.2 Å². The number of nitrogens with zero attached hydrogens (tertiary/aromatic N) is 2. The summed E-state index contributed by atoms with van der Waals surface area (Å²) in [5.74, 6) is 0. The van der Waals surface area contributed by atoms with Crippen LogP contribution >= 0.6 is 0 Å². The number of hydrogen-bond donors (Lipinski definition) is 1. The molecule has 2 amide bonds. The van der Waals surface area contributed by atoms with Crippen molar-refractivity contribution in [1.29, 1.82) is 0 Å². The average molecular weight is 320 g/mol. The number of rotatable bonds is 2. The number of ether oxygens (including phenoxy) is 1. The molecule has 1 aliphatic rings. The summed E-state index contributed by atoms with van der Waals surface area (Å²) in [7, 11) is 0. The third-order valence-electron chi connectivity index (χ3n) is 3.72. The second kappa shape index (κ2) is 6.89. The average Bonchev–Trinajstić information content (AvgIpc) is 2.47. The van der Waals surface area contributed by atoms with E-state index < -0.39 is 11.7 Å². The molecule has 126 valence electrons. The van der Waals surface area contributed by atoms with Gasteiger partial charge in [-0.3, -0.25) is 4.90 Å². The topological polar surface area (TPSA) is 70.1 Å². The van der Waals surface area contributed by atoms with Gasteiger partial charge in [0, 0.05) is 24.8 Å². The van der Waals surface area contributed by atoms with Crippen molar-refractivity contribution < 1.29 is 19.4 Å². The number of carbonyl (C=O) groups is 2. The molecule has 1 fully saturated rings. The van der Waals surface area contributed by atoms with Crippen LogP contribution in [-0.2, 0) is 4.74 Å². The predicted octanol–water partition coefficient (Wildman–Crippen LogP) is 3.57. The molecule has 6 heteroatoms. The minimum Gasteiger partial charge on any atom is -0.465 e. The number of benzene rings is 1. The standard InChI is InChI=1S/C17H24N2O4/c1-17(2,3)23-16(22)18-11-9-14(10-12-18)19(15(20)21)13-7-5-4-6-8-13/h4-8,14H,9-12H2,1-3H3,(H,20,21). The summed E-state index contributed by atoms with van der Waals surface area (Å²) in [5, 5.41) is 9.53. The van der Waals surface area contributed by atoms with Gasteiger partial charge in [0.2, 0.25) is 0 Å². The first-order chi connectivity index (χ1) is 10.8. The monoisotopic (exact) mass is 320 g/mol. The van der Waals surface area contributed by atoms with E-state index in [-0.39, 0.29) is 12.1 Å². The maximum atomic E-state index is 12.1. The lowest BCUT2D eigenvalue weighted by Crippen LogP contribution is -2.49. The summed E-state index contributed by atoms with van der Waals surface area (Å²) in [6.07, 6.45) is -0.106. The zero-order valence-electron chi connectivity index (χ0n) is 13.9. The molecule has 0 saturated carbocycles. The fourth-order valence-electron chi connectivity index (χ4n) is 2.70. The molecular weight excluding hydrogens is 296 g/mol. The van der Waals surface area contributed by atoms with E-state index in [1.54, 1.807) is 17.0 Å². The molecule has 1 aromatic carbocycles. The normalized spacial score (nSPS) is 16.0. The van der Waals surface area contributed by atoms with E-state index in [4.69, 9.17) is 4.74 Å². The highest BCUT2D eigenvalue weighted by atomic mass is 16.6. The van der Waals surface area contributed by atoms with Crippen LogP contribution in [0.5, 0.6) is 0 Å². The van der Waals surface area contributed by atoms with Crippen LogP contribution in [0.25, 0.3) is 0 Å². The molecule has 0 unspecified atom stereocenters. The van der Waals surface area contributed by atoms with Crippen molar-refractivity contribution in [2.45, 2.75) is 45.3 Å². The lowest BCUT2D eigenvalue weighted by molar-refractivity contribution is 0.0206. The summed E-state index contributed by atoms with van der Waals surface area (Å²) in [4.78, 5) is 26.7. The first-order valence-corrected chi connectivity index (χ1v) is 7.83. The Morgan fingerprint density at radius 3 is 2.22 bits per heavy atom. The van der Waals surface area contributed by atoms with Gasteiger partial charge in [0.1, 0.15) is 5.60 Å². The summed E-state index contributed by atoms with van der Waals surface area (Å²) in [5.41, 5.74) is 0.140. The molecule has 0 spiro atoms. The van der Waals surface area contributed by atoms with Crippen molar-refractivity contribution >= 4 is 17.9 Å². The molecule has 6 nitrogen and oxygen atoms in total. The van der Waals surface area contributed by atoms with Crippen molar-refractivity contribution in [3.05, 3.63) is 30.3 Å². The van der Waals surface area contributed by atoms with E-state index >= 15 is 0 Å². The van der Waals surface area contributed by atoms with Crippen LogP contribution < -0.4 is 4.90 Å². The number of carboxylic acid groups (broad SMARTS) is 1. The molecule has 1 aromatic rings. The molecule has 23 heavy (non-hydrogen) atoms. The third kappa shape index (κ3) is 4.61. The van der Waals surface area contributed by atoms with Gasteiger partial charge in [-0.05, 0) is 45.7 Å². The van der Waals surface area contributed by atoms with Crippen LogP contribution in [0.15, 0.2) is 30.3 Å². The van der Waals surface area contributed by atoms with Crippen LogP contribution in [0.3, 0.4) is 0 Å². The smallest absolute Gasteiger partial charge is 0.412 e. The first-order valence-electron chi connectivity index (χ1n) is 7.83. The number of piperidine rings is 1. The molecule has 1 heterocycles. The quantitative estimate of drug-likeness (QED) is 0.904. The minimum absolute atomic E-state index is 0.131. The Morgan fingerprint density at radius 1 is 1.17 bits per heavy atom. The summed E-state index contributed by atoms with van der Waals surface area (Å²) in [6.45, 7) is 6.49. The van der Waals surface area contributed by atoms with E-state index in [1.165, 1.54) is 4.90 Å². The van der Waals surface area contributed by atoms with Gasteiger partial charge in [-0.2, -0.15) is 0 Å². The van der Waals surface area contributed by atoms with Crippen molar-refractivity contribution in [3.8, 4) is 0 Å². The molecular formula is C17H24N2O4. The van der Waals surface area contributed by atoms with E-state index in [1.807, 2.05) is 39.0 Å². The maximum Gasteiger partial charge on any atom is 0.412 e. The van der Waals surface area contributed by atoms with Gasteiger partial charge in [-0.1, -0.05) is 18.2 Å². The molecule has 0 atom stereocenters. The van der Waals surface area contributed by atoms with Crippen molar-refractivity contribution in [2.24, 2.45) is 0 Å². The molecule has 1 saturated heterocycles. The van der Waals surface area contributed by atoms with Crippen molar-refractivity contribution in [3.63, 3.8) is 0 Å². The fraction of sp³-hybridized carbons (Fsp3) is 0.529. The molecule has 1 N–H and O–H groups in total. The number of likely N-dealkylation sites (tertiary alicyclic amines) is 1. The molecule has 0 aliphatic carbocycles. The number of anilines is 1. The third-order valence-corrected chi connectivity index (χ3v) is 3.72. The van der Waals surface area contributed by atoms with Crippen molar-refractivity contribution in [1.82, 2.24) is 4.90 Å². The minimum atomic E-state index is -0.966. The van der Waals surface area contributed by atoms with Crippen molar-refractivity contribution in [2.75, 3.05) is 18.0 Å². The number of hydrogen-bond acceptors (Lipinski definition) is 3. The Labute approximate surface area is 136 Å². The Balaban J connectivity index is 2.00. The van der Waals surface area contributed by atoms with Gasteiger partial charge in [0.15, 0.2) is 0 Å². The predicted molar refractivity (Wildman–Crippen MR) is 87.8 cm³/mol. The molecule has 2 rings (SSSR count). The summed E-state index contributed by atoms with van der Waals surface area (Å²) >= 11 is 0. The van der Waals surface area contributed by atoms with Gasteiger partial charge in [-0.25, -0.2) is 9.59 Å². The van der Waals surface area contributed by atoms with Gasteiger partial charge in [-0.15, -0.1) is 0 Å². The second-order valence-electron chi connectivity index (χ2n) is 6.69. The number of carbonyl (C=O) groups excluding carboxylic acids is 1. The van der Waals surface area contributed by atoms with E-state index in [9.17, 15) is 14.7 Å². The van der Waals surface area contributed by atoms with Gasteiger partial charge < -0.3 is 14.7 Å². The SMILES string of the molecule is CC(C)(C)OC(=O)N1CCC(N(C(=O)O)c2ccccc2)CC1. The molecule has 0 radical (unpaired) electrons. The van der Waals surface area contributed by atoms with Crippen LogP contribution in [-0.4, -0.2) is 46.9 Å². The molecule has 0 aromatic heterocycles. The Kier molecular flexibility index (Phi) is 5.13. The van der Waals surface area contributed by atoms with Gasteiger partial charge in [0.25, 0.3) is 0 Å². The maximum absolute atomic E-state index is 12.1. The zero-order valence-corrected chi connectivity index (χ0v) is 13.9. The first kappa shape index (κ1) is 17.1. The van der Waals surface area contributed by atoms with Gasteiger partial charge in [0.05, 0.1) is 0 Å². The van der Waals surface area contributed by atoms with Crippen LogP contribution in [0, 0.1) is 0 Å². The molecule has 0 bridgehead atoms. The molecule has 1 aliphatic heterocycles. The second-order valence-corrected chi connectivity index (χ2v) is 6.69. The van der Waals surface area contributed by atoms with E-state index in [0.717, 1.165) is 0 Å². The number of amides is 2. The fourth-order valence-corrected chi connectivity index (χ4v) is 2.70. The van der Waals surface area contributed by atoms with Crippen LogP contribution in [0.2, 0.25) is 0 Å². The van der Waals surface area contributed by atoms with E-state index in [0.29, 0.717) is 31.6 Å². The Hall–Kier alpha value is -2.24. The van der Waals surface area contributed by atoms with Crippen LogP contribution in [0.1, 0.15) is 33.6 Å². The zero-order chi connectivity index (χ0) is 17.0. The summed E-state index contributed by atoms with van der Waals surface area (Å²) < 4.78 is 5.36. The highest BCUT2D eigenvalue weighted by molar-refractivity contribution is 5.86. The Bertz CT molecular complexity index is 545. The highest BCUT2D eigenvalue weighted by Gasteiger charge is 2.32. The highest BCUT2D eigenvalue weighted by Crippen LogP contribution is 2.24. The summed E-state index contributed by atoms with van der Waals surface area (Å²) in [6, 6.07) is 8.94. The largest absolute Gasteiger partial charge is 0.465 e. The van der Waals surface area contributed by atoms with Crippen LogP contribution in [0.4, 0.5) is 15.3 Å². The lowest BCUT2D eigenvalue weighted by atomic mass is 10.0.